The van der Waals surface area contributed by atoms with Gasteiger partial charge in [-0.05, 0) is 0 Å². The largest absolute Gasteiger partial charge is 0.476 e. The van der Waals surface area contributed by atoms with Crippen LogP contribution in [0.5, 0.6) is 5.75 Å². The van der Waals surface area contributed by atoms with E-state index in [0.717, 1.165) is 0 Å². The molecule has 24 heteroatoms. The maximum atomic E-state index is 13.6. The highest BCUT2D eigenvalue weighted by Gasteiger charge is 2.28. The van der Waals surface area contributed by atoms with Gasteiger partial charge in [0.1, 0.15) is 6.61 Å². The minimum atomic E-state index is -2.36. The Balaban J connectivity index is 1.70. The molecule has 0 aromatic heterocycles. The van der Waals surface area contributed by atoms with E-state index in [-0.39, 0.29) is 59.3 Å². The van der Waals surface area contributed by atoms with Gasteiger partial charge in [-0.2, -0.15) is 8.78 Å². The molecule has 0 spiro atoms. The lowest BCUT2D eigenvalue weighted by atomic mass is 10.2. The lowest BCUT2D eigenvalue weighted by molar-refractivity contribution is -0.151. The molecule has 1 aromatic carbocycles. The van der Waals surface area contributed by atoms with Crippen molar-refractivity contribution >= 4 is 23.7 Å². The number of aliphatic carboxylic acids is 1. The Bertz CT molecular complexity index is 1330. The first-order chi connectivity index (χ1) is 30.1. The monoisotopic (exact) mass is 912 g/mol. The second-order valence-corrected chi connectivity index (χ2v) is 11.9. The van der Waals surface area contributed by atoms with Gasteiger partial charge in [0, 0.05) is 6.42 Å². The number of ketones is 1. The fraction of sp³-hybridized carbons (Fsp3) is 0.737. The number of carboxylic acids is 1. The molecule has 0 aliphatic rings. The number of carbonyl (C=O) groups excluding carboxylic acids is 3. The lowest BCUT2D eigenvalue weighted by Gasteiger charge is -2.09. The molecule has 0 fully saturated rings. The van der Waals surface area contributed by atoms with Crippen molar-refractivity contribution in [3.8, 4) is 5.75 Å². The summed E-state index contributed by atoms with van der Waals surface area (Å²) in [4.78, 5) is 44.3. The van der Waals surface area contributed by atoms with E-state index in [4.69, 9.17) is 66.7 Å². The van der Waals surface area contributed by atoms with Crippen molar-refractivity contribution in [2.75, 3.05) is 165 Å². The highest BCUT2D eigenvalue weighted by molar-refractivity contribution is 6.32. The summed E-state index contributed by atoms with van der Waals surface area (Å²) in [6, 6.07) is 0. The summed E-state index contributed by atoms with van der Waals surface area (Å²) in [6.07, 6.45) is -1.20. The summed E-state index contributed by atoms with van der Waals surface area (Å²) in [5.74, 6) is -17.5. The Morgan fingerprint density at radius 3 is 0.871 bits per heavy atom. The Morgan fingerprint density at radius 1 is 0.323 bits per heavy atom. The molecule has 358 valence electrons. The molecule has 62 heavy (non-hydrogen) atoms. The molecule has 1 rings (SSSR count). The maximum Gasteiger partial charge on any atom is 0.372 e. The van der Waals surface area contributed by atoms with Crippen molar-refractivity contribution < 1.29 is 113 Å². The van der Waals surface area contributed by atoms with Crippen LogP contribution in [-0.2, 0) is 80.8 Å². The van der Waals surface area contributed by atoms with E-state index < -0.39 is 71.4 Å². The van der Waals surface area contributed by atoms with E-state index in [1.54, 1.807) is 0 Å². The molecule has 0 radical (unpaired) electrons. The van der Waals surface area contributed by atoms with Crippen molar-refractivity contribution in [2.24, 2.45) is 0 Å². The van der Waals surface area contributed by atoms with Gasteiger partial charge in [-0.1, -0.05) is 0 Å². The SMILES string of the molecule is O=C(CCC(=O)C(=O)O)OCCOCCOCCOCCOCCOCCOCCOCCOCCOCCOCCOCCOCCC(=O)Oc1c(F)c(F)c(F)c(F)c1F. The number of carboxylic acid groups (broad SMARTS) is 1. The zero-order chi connectivity index (χ0) is 45.5. The topological polar surface area (TPSA) is 218 Å². The minimum absolute atomic E-state index is 0.00887. The van der Waals surface area contributed by atoms with Crippen molar-refractivity contribution in [2.45, 2.75) is 19.3 Å². The zero-order valence-electron chi connectivity index (χ0n) is 34.5. The number of halogens is 5. The Kier molecular flexibility index (Phi) is 35.6. The first-order valence-electron chi connectivity index (χ1n) is 19.6. The van der Waals surface area contributed by atoms with Crippen LogP contribution >= 0.6 is 0 Å². The number of benzene rings is 1. The Labute approximate surface area is 355 Å². The summed E-state index contributed by atoms with van der Waals surface area (Å²) < 4.78 is 140. The lowest BCUT2D eigenvalue weighted by Crippen LogP contribution is -2.17. The van der Waals surface area contributed by atoms with Crippen LogP contribution in [-0.4, -0.2) is 194 Å². The third kappa shape index (κ3) is 30.5. The Hall–Kier alpha value is -3.53. The van der Waals surface area contributed by atoms with Gasteiger partial charge in [0.05, 0.1) is 171 Å². The number of rotatable bonds is 44. The number of carbonyl (C=O) groups is 4. The molecule has 0 unspecified atom stereocenters. The van der Waals surface area contributed by atoms with Gasteiger partial charge >= 0.3 is 17.9 Å². The van der Waals surface area contributed by atoms with Crippen molar-refractivity contribution in [1.29, 1.82) is 0 Å². The fourth-order valence-electron chi connectivity index (χ4n) is 4.12. The molecule has 0 atom stereocenters. The van der Waals surface area contributed by atoms with Crippen molar-refractivity contribution in [3.05, 3.63) is 29.1 Å². The summed E-state index contributed by atoms with van der Waals surface area (Å²) in [6.45, 7) is 7.61. The molecule has 0 amide bonds. The Morgan fingerprint density at radius 2 is 0.581 bits per heavy atom. The standard InChI is InChI=1S/C38H57F5O19/c39-32-33(40)35(42)37(36(43)34(32)41)62-31(46)3-4-49-5-6-50-7-8-51-9-10-52-11-12-53-13-14-54-15-16-55-17-18-56-19-20-57-21-22-58-23-24-59-25-26-60-27-28-61-30(45)2-1-29(44)38(47)48/h1-28H2,(H,47,48). The predicted octanol–water partition coefficient (Wildman–Crippen LogP) is 1.85. The van der Waals surface area contributed by atoms with Crippen LogP contribution in [0.1, 0.15) is 19.3 Å². The second-order valence-electron chi connectivity index (χ2n) is 11.9. The van der Waals surface area contributed by atoms with E-state index in [2.05, 4.69) is 4.74 Å². The molecule has 0 aliphatic carbocycles. The molecule has 0 bridgehead atoms. The van der Waals surface area contributed by atoms with Gasteiger partial charge in [-0.3, -0.25) is 14.4 Å². The van der Waals surface area contributed by atoms with Gasteiger partial charge in [-0.15, -0.1) is 0 Å². The van der Waals surface area contributed by atoms with Crippen LogP contribution in [0.25, 0.3) is 0 Å². The highest BCUT2D eigenvalue weighted by atomic mass is 19.2. The van der Waals surface area contributed by atoms with E-state index >= 15 is 0 Å². The molecular weight excluding hydrogens is 855 g/mol. The molecule has 0 aliphatic heterocycles. The average molecular weight is 913 g/mol. The van der Waals surface area contributed by atoms with E-state index in [1.807, 2.05) is 0 Å². The summed E-state index contributed by atoms with van der Waals surface area (Å²) in [5.41, 5.74) is 0. The van der Waals surface area contributed by atoms with Crippen LogP contribution in [0.3, 0.4) is 0 Å². The fourth-order valence-corrected chi connectivity index (χ4v) is 4.12. The van der Waals surface area contributed by atoms with Gasteiger partial charge < -0.3 is 71.4 Å². The molecule has 1 aromatic rings. The van der Waals surface area contributed by atoms with Crippen LogP contribution in [0.15, 0.2) is 0 Å². The number of hydrogen-bond donors (Lipinski definition) is 1. The van der Waals surface area contributed by atoms with Crippen LogP contribution in [0.2, 0.25) is 0 Å². The quantitative estimate of drug-likeness (QED) is 0.0188. The molecule has 1 N–H and O–H groups in total. The van der Waals surface area contributed by atoms with Gasteiger partial charge in [-0.25, -0.2) is 18.0 Å². The molecule has 19 nitrogen and oxygen atoms in total. The third-order valence-corrected chi connectivity index (χ3v) is 7.21. The van der Waals surface area contributed by atoms with Gasteiger partial charge in [0.15, 0.2) is 0 Å². The predicted molar refractivity (Wildman–Crippen MR) is 199 cm³/mol. The second kappa shape index (κ2) is 39.1. The summed E-state index contributed by atoms with van der Waals surface area (Å²) >= 11 is 0. The van der Waals surface area contributed by atoms with Crippen LogP contribution in [0.4, 0.5) is 22.0 Å². The number of hydrogen-bond acceptors (Lipinski definition) is 18. The number of Topliss-reactive ketones (excluding diaryl/α,β-unsaturated/α-hetero) is 1. The highest BCUT2D eigenvalue weighted by Crippen LogP contribution is 2.29. The van der Waals surface area contributed by atoms with Crippen molar-refractivity contribution in [1.82, 2.24) is 0 Å². The zero-order valence-corrected chi connectivity index (χ0v) is 34.5. The molecule has 0 saturated carbocycles. The van der Waals surface area contributed by atoms with Crippen LogP contribution in [0, 0.1) is 29.1 Å². The summed E-state index contributed by atoms with van der Waals surface area (Å²) in [5, 5.41) is 8.45. The molecule has 0 saturated heterocycles. The van der Waals surface area contributed by atoms with E-state index in [9.17, 15) is 41.1 Å². The average Bonchev–Trinajstić information content (AvgIpc) is 3.26. The van der Waals surface area contributed by atoms with E-state index in [0.29, 0.717) is 112 Å². The first-order valence-corrected chi connectivity index (χ1v) is 19.6. The van der Waals surface area contributed by atoms with Crippen LogP contribution < -0.4 is 4.74 Å². The van der Waals surface area contributed by atoms with Gasteiger partial charge in [0.25, 0.3) is 0 Å². The van der Waals surface area contributed by atoms with E-state index in [1.165, 1.54) is 0 Å². The number of esters is 2. The summed E-state index contributed by atoms with van der Waals surface area (Å²) in [7, 11) is 0. The molecule has 0 heterocycles. The van der Waals surface area contributed by atoms with Gasteiger partial charge in [0.2, 0.25) is 40.6 Å². The van der Waals surface area contributed by atoms with Crippen molar-refractivity contribution in [3.63, 3.8) is 0 Å². The molecular formula is C38H57F5O19. The third-order valence-electron chi connectivity index (χ3n) is 7.21. The smallest absolute Gasteiger partial charge is 0.372 e. The first kappa shape index (κ1) is 56.5. The number of ether oxygens (including phenoxy) is 14. The maximum absolute atomic E-state index is 13.6. The minimum Gasteiger partial charge on any atom is -0.476 e. The normalized spacial score (nSPS) is 11.3.